The van der Waals surface area contributed by atoms with Crippen molar-refractivity contribution >= 4 is 5.78 Å². The van der Waals surface area contributed by atoms with E-state index in [1.807, 2.05) is 6.92 Å². The summed E-state index contributed by atoms with van der Waals surface area (Å²) >= 11 is 0. The Morgan fingerprint density at radius 3 is 2.42 bits per heavy atom. The van der Waals surface area contributed by atoms with E-state index in [4.69, 9.17) is 4.74 Å². The topological polar surface area (TPSA) is 87.0 Å². The van der Waals surface area contributed by atoms with Gasteiger partial charge in [-0.2, -0.15) is 0 Å². The normalized spacial score (nSPS) is 28.5. The Morgan fingerprint density at radius 2 is 1.88 bits per heavy atom. The third kappa shape index (κ3) is 2.37. The van der Waals surface area contributed by atoms with E-state index in [0.717, 1.165) is 18.4 Å². The molecule has 0 amide bonds. The fraction of sp³-hybridized carbons (Fsp3) is 0.571. The number of Topliss-reactive ketones (excluding diaryl/α,β-unsaturated/α-hetero) is 1. The average molecular weight is 360 g/mol. The van der Waals surface area contributed by atoms with Gasteiger partial charge in [0.15, 0.2) is 17.3 Å². The number of phenolic OH excluding ortho intramolecular Hbond substituents is 2. The first-order valence-corrected chi connectivity index (χ1v) is 9.06. The number of rotatable bonds is 2. The first-order valence-electron chi connectivity index (χ1n) is 9.06. The van der Waals surface area contributed by atoms with E-state index in [2.05, 4.69) is 13.5 Å². The molecule has 5 nitrogen and oxygen atoms in total. The van der Waals surface area contributed by atoms with E-state index in [-0.39, 0.29) is 46.5 Å². The summed E-state index contributed by atoms with van der Waals surface area (Å²) < 4.78 is 5.50. The van der Waals surface area contributed by atoms with Crippen molar-refractivity contribution in [2.75, 3.05) is 7.11 Å². The van der Waals surface area contributed by atoms with Gasteiger partial charge in [-0.3, -0.25) is 4.79 Å². The molecule has 1 aromatic rings. The van der Waals surface area contributed by atoms with E-state index < -0.39 is 11.0 Å². The highest BCUT2D eigenvalue weighted by atomic mass is 16.5. The van der Waals surface area contributed by atoms with Crippen LogP contribution < -0.4 is 4.74 Å². The molecule has 0 bridgehead atoms. The van der Waals surface area contributed by atoms with Gasteiger partial charge in [-0.05, 0) is 38.5 Å². The van der Waals surface area contributed by atoms with Crippen LogP contribution in [0.15, 0.2) is 12.2 Å². The lowest BCUT2D eigenvalue weighted by Crippen LogP contribution is -2.45. The Hall–Kier alpha value is -2.01. The Labute approximate surface area is 154 Å². The van der Waals surface area contributed by atoms with Crippen LogP contribution in [0.2, 0.25) is 0 Å². The van der Waals surface area contributed by atoms with Gasteiger partial charge in [0, 0.05) is 17.4 Å². The summed E-state index contributed by atoms with van der Waals surface area (Å²) in [5.74, 6) is -0.440. The lowest BCUT2D eigenvalue weighted by molar-refractivity contribution is 0.0711. The van der Waals surface area contributed by atoms with Gasteiger partial charge in [-0.15, -0.1) is 0 Å². The molecule has 5 heteroatoms. The van der Waals surface area contributed by atoms with E-state index in [1.165, 1.54) is 21.0 Å². The number of aliphatic hydroxyl groups is 1. The summed E-state index contributed by atoms with van der Waals surface area (Å²) in [4.78, 5) is 13.0. The molecule has 1 aromatic carbocycles. The smallest absolute Gasteiger partial charge is 0.167 e. The second-order valence-electron chi connectivity index (χ2n) is 8.53. The monoisotopic (exact) mass is 360 g/mol. The van der Waals surface area contributed by atoms with Crippen molar-refractivity contribution in [2.24, 2.45) is 11.8 Å². The van der Waals surface area contributed by atoms with Gasteiger partial charge < -0.3 is 20.1 Å². The maximum absolute atomic E-state index is 13.0. The molecule has 0 unspecified atom stereocenters. The van der Waals surface area contributed by atoms with Gasteiger partial charge in [-0.1, -0.05) is 26.0 Å². The number of methoxy groups -OCH3 is 1. The summed E-state index contributed by atoms with van der Waals surface area (Å²) in [5.41, 5.74) is -0.336. The van der Waals surface area contributed by atoms with Crippen LogP contribution in [0.5, 0.6) is 17.2 Å². The standard InChI is InChI=1S/C21H28O5/c1-10-7-8-21(5)12(11(10)2)9-13(22)14-15(21)19(26-6)18(24)16(17(14)23)20(3,4)25/h10,12,23-25H,2,7-9H2,1,3-6H3/t10-,12-,21-/m1/s1. The lowest BCUT2D eigenvalue weighted by Gasteiger charge is -2.49. The van der Waals surface area contributed by atoms with Crippen LogP contribution >= 0.6 is 0 Å². The molecule has 3 rings (SSSR count). The van der Waals surface area contributed by atoms with Gasteiger partial charge in [0.25, 0.3) is 0 Å². The van der Waals surface area contributed by atoms with Crippen LogP contribution in [0.4, 0.5) is 0 Å². The number of hydrogen-bond acceptors (Lipinski definition) is 5. The van der Waals surface area contributed by atoms with Gasteiger partial charge in [-0.25, -0.2) is 0 Å². The van der Waals surface area contributed by atoms with Gasteiger partial charge in [0.1, 0.15) is 5.75 Å². The van der Waals surface area contributed by atoms with E-state index in [0.29, 0.717) is 11.5 Å². The summed E-state index contributed by atoms with van der Waals surface area (Å²) in [6, 6.07) is 0. The maximum Gasteiger partial charge on any atom is 0.167 e. The average Bonchev–Trinajstić information content (AvgIpc) is 2.52. The van der Waals surface area contributed by atoms with Crippen molar-refractivity contribution in [3.63, 3.8) is 0 Å². The molecular formula is C21H28O5. The highest BCUT2D eigenvalue weighted by Gasteiger charge is 2.52. The van der Waals surface area contributed by atoms with Crippen molar-refractivity contribution in [1.82, 2.24) is 0 Å². The molecule has 2 aliphatic rings. The van der Waals surface area contributed by atoms with Gasteiger partial charge in [0.2, 0.25) is 0 Å². The van der Waals surface area contributed by atoms with Gasteiger partial charge in [0.05, 0.1) is 23.8 Å². The van der Waals surface area contributed by atoms with Crippen LogP contribution in [0, 0.1) is 11.8 Å². The molecule has 0 saturated heterocycles. The maximum atomic E-state index is 13.0. The fourth-order valence-corrected chi connectivity index (χ4v) is 4.87. The molecule has 0 heterocycles. The van der Waals surface area contributed by atoms with Gasteiger partial charge >= 0.3 is 0 Å². The lowest BCUT2D eigenvalue weighted by atomic mass is 9.54. The zero-order valence-electron chi connectivity index (χ0n) is 16.1. The molecule has 1 fully saturated rings. The molecule has 3 N–H and O–H groups in total. The number of carbonyl (C=O) groups is 1. The SMILES string of the molecule is C=C1[C@H](C)CC[C@@]2(C)c3c(OC)c(O)c(C(C)(C)O)c(O)c3C(=O)C[C@H]12. The number of carbonyl (C=O) groups excluding carboxylic acids is 1. The first kappa shape index (κ1) is 18.8. The van der Waals surface area contributed by atoms with Crippen molar-refractivity contribution in [3.8, 4) is 17.2 Å². The quantitative estimate of drug-likeness (QED) is 0.699. The largest absolute Gasteiger partial charge is 0.507 e. The second-order valence-corrected chi connectivity index (χ2v) is 8.53. The predicted octanol–water partition coefficient (Wildman–Crippen LogP) is 3.78. The Balaban J connectivity index is 2.40. The number of ketones is 1. The zero-order chi connectivity index (χ0) is 19.6. The molecule has 0 aliphatic heterocycles. The predicted molar refractivity (Wildman–Crippen MR) is 98.9 cm³/mol. The van der Waals surface area contributed by atoms with Crippen molar-refractivity contribution < 1.29 is 24.9 Å². The summed E-state index contributed by atoms with van der Waals surface area (Å²) in [5, 5.41) is 32.1. The van der Waals surface area contributed by atoms with Crippen LogP contribution in [-0.4, -0.2) is 28.2 Å². The number of hydrogen-bond donors (Lipinski definition) is 3. The minimum absolute atomic E-state index is 0.0630. The van der Waals surface area contributed by atoms with Crippen LogP contribution in [-0.2, 0) is 11.0 Å². The molecule has 0 spiro atoms. The van der Waals surface area contributed by atoms with Crippen molar-refractivity contribution in [3.05, 3.63) is 28.8 Å². The molecule has 3 atom stereocenters. The van der Waals surface area contributed by atoms with Crippen LogP contribution in [0.1, 0.15) is 68.4 Å². The van der Waals surface area contributed by atoms with Crippen molar-refractivity contribution in [1.29, 1.82) is 0 Å². The molecular weight excluding hydrogens is 332 g/mol. The third-order valence-electron chi connectivity index (χ3n) is 6.40. The second kappa shape index (κ2) is 5.74. The summed E-state index contributed by atoms with van der Waals surface area (Å²) in [7, 11) is 1.43. The minimum atomic E-state index is -1.53. The molecule has 26 heavy (non-hydrogen) atoms. The molecule has 142 valence electrons. The summed E-state index contributed by atoms with van der Waals surface area (Å²) in [6.07, 6.45) is 1.98. The number of ether oxygens (including phenoxy) is 1. The molecule has 0 radical (unpaired) electrons. The highest BCUT2D eigenvalue weighted by molar-refractivity contribution is 6.04. The Morgan fingerprint density at radius 1 is 1.27 bits per heavy atom. The first-order chi connectivity index (χ1) is 11.9. The van der Waals surface area contributed by atoms with Crippen LogP contribution in [0.25, 0.3) is 0 Å². The third-order valence-corrected chi connectivity index (χ3v) is 6.40. The number of fused-ring (bicyclic) bond motifs is 3. The fourth-order valence-electron chi connectivity index (χ4n) is 4.87. The number of benzene rings is 1. The minimum Gasteiger partial charge on any atom is -0.507 e. The van der Waals surface area contributed by atoms with E-state index in [9.17, 15) is 20.1 Å². The highest BCUT2D eigenvalue weighted by Crippen LogP contribution is 2.60. The zero-order valence-corrected chi connectivity index (χ0v) is 16.1. The number of aromatic hydroxyl groups is 2. The van der Waals surface area contributed by atoms with Crippen LogP contribution in [0.3, 0.4) is 0 Å². The van der Waals surface area contributed by atoms with E-state index in [1.54, 1.807) is 0 Å². The summed E-state index contributed by atoms with van der Waals surface area (Å²) in [6.45, 7) is 11.3. The van der Waals surface area contributed by atoms with E-state index >= 15 is 0 Å². The number of allylic oxidation sites excluding steroid dienone is 1. The van der Waals surface area contributed by atoms with Crippen molar-refractivity contribution in [2.45, 2.75) is 58.0 Å². The number of phenols is 2. The molecule has 0 aromatic heterocycles. The Kier molecular flexibility index (Phi) is 4.15. The molecule has 1 saturated carbocycles. The molecule has 2 aliphatic carbocycles. The Bertz CT molecular complexity index is 802.